The molecule has 1 N–H and O–H groups in total. The Morgan fingerprint density at radius 1 is 1.33 bits per heavy atom. The maximum Gasteiger partial charge on any atom is 0.0615 e. The van der Waals surface area contributed by atoms with E-state index < -0.39 is 0 Å². The number of ether oxygens (including phenoxy) is 1. The van der Waals surface area contributed by atoms with Gasteiger partial charge in [0.25, 0.3) is 0 Å². The molecule has 0 aromatic heterocycles. The number of nitrogens with one attached hydrogen (secondary N) is 1. The Hall–Kier alpha value is -0.120. The van der Waals surface area contributed by atoms with Crippen molar-refractivity contribution in [1.82, 2.24) is 10.2 Å². The van der Waals surface area contributed by atoms with Crippen LogP contribution in [0.15, 0.2) is 0 Å². The first-order valence-corrected chi connectivity index (χ1v) is 6.07. The van der Waals surface area contributed by atoms with Gasteiger partial charge in [-0.25, -0.2) is 0 Å². The van der Waals surface area contributed by atoms with Gasteiger partial charge in [-0.05, 0) is 46.7 Å². The predicted octanol–water partition coefficient (Wildman–Crippen LogP) is 1.48. The second kappa shape index (κ2) is 6.46. The molecule has 3 nitrogen and oxygen atoms in total. The Bertz CT molecular complexity index is 167. The molecule has 0 heterocycles. The third-order valence-corrected chi connectivity index (χ3v) is 3.78. The topological polar surface area (TPSA) is 24.5 Å². The number of rotatable bonds is 5. The lowest BCUT2D eigenvalue weighted by Gasteiger charge is -2.37. The highest BCUT2D eigenvalue weighted by molar-refractivity contribution is 4.82. The molecule has 1 atom stereocenters. The molecular weight excluding hydrogens is 188 g/mol. The highest BCUT2D eigenvalue weighted by Crippen LogP contribution is 2.23. The predicted molar refractivity (Wildman–Crippen MR) is 64.2 cm³/mol. The van der Waals surface area contributed by atoms with Crippen LogP contribution in [0.5, 0.6) is 0 Å². The van der Waals surface area contributed by atoms with Crippen LogP contribution in [-0.2, 0) is 4.74 Å². The van der Waals surface area contributed by atoms with Crippen LogP contribution in [0.1, 0.15) is 32.6 Å². The van der Waals surface area contributed by atoms with E-state index in [0.717, 1.165) is 18.7 Å². The van der Waals surface area contributed by atoms with Crippen LogP contribution in [0.4, 0.5) is 0 Å². The van der Waals surface area contributed by atoms with Gasteiger partial charge in [0.05, 0.1) is 6.61 Å². The highest BCUT2D eigenvalue weighted by atomic mass is 16.5. The minimum atomic E-state index is 0.533. The molecule has 0 amide bonds. The summed E-state index contributed by atoms with van der Waals surface area (Å²) >= 11 is 0. The van der Waals surface area contributed by atoms with E-state index in [1.165, 1.54) is 25.7 Å². The summed E-state index contributed by atoms with van der Waals surface area (Å²) in [5, 5.41) is 3.37. The van der Waals surface area contributed by atoms with Crippen LogP contribution in [0.2, 0.25) is 0 Å². The van der Waals surface area contributed by atoms with Gasteiger partial charge in [-0.3, -0.25) is 4.90 Å². The van der Waals surface area contributed by atoms with Crippen molar-refractivity contribution in [3.63, 3.8) is 0 Å². The summed E-state index contributed by atoms with van der Waals surface area (Å²) in [6.07, 6.45) is 5.25. The molecular formula is C12H26N2O. The number of likely N-dealkylation sites (N-methyl/N-ethyl adjacent to an activating group) is 1. The van der Waals surface area contributed by atoms with Crippen LogP contribution in [0, 0.1) is 0 Å². The molecule has 1 rings (SSSR count). The van der Waals surface area contributed by atoms with Crippen LogP contribution in [0.25, 0.3) is 0 Å². The molecule has 0 aliphatic heterocycles. The van der Waals surface area contributed by atoms with Gasteiger partial charge in [-0.1, -0.05) is 0 Å². The first-order chi connectivity index (χ1) is 7.19. The third-order valence-electron chi connectivity index (χ3n) is 3.78. The van der Waals surface area contributed by atoms with E-state index in [9.17, 15) is 0 Å². The Kier molecular flexibility index (Phi) is 5.58. The van der Waals surface area contributed by atoms with Crippen molar-refractivity contribution in [2.45, 2.75) is 50.7 Å². The molecule has 0 saturated heterocycles. The quantitative estimate of drug-likeness (QED) is 0.750. The molecule has 0 radical (unpaired) electrons. The molecule has 0 aromatic rings. The SMILES string of the molecule is CNC1CCC(N(C)C(C)COC)CC1. The number of hydrogen-bond donors (Lipinski definition) is 1. The molecule has 1 aliphatic carbocycles. The van der Waals surface area contributed by atoms with E-state index >= 15 is 0 Å². The van der Waals surface area contributed by atoms with Crippen molar-refractivity contribution < 1.29 is 4.74 Å². The van der Waals surface area contributed by atoms with Crippen LogP contribution in [-0.4, -0.2) is 50.8 Å². The average molecular weight is 214 g/mol. The zero-order valence-electron chi connectivity index (χ0n) is 10.6. The fourth-order valence-electron chi connectivity index (χ4n) is 2.49. The molecule has 0 spiro atoms. The van der Waals surface area contributed by atoms with Crippen LogP contribution in [0.3, 0.4) is 0 Å². The zero-order valence-corrected chi connectivity index (χ0v) is 10.6. The third kappa shape index (κ3) is 3.74. The maximum atomic E-state index is 5.20. The molecule has 1 aliphatic rings. The monoisotopic (exact) mass is 214 g/mol. The van der Waals surface area contributed by atoms with Crippen molar-refractivity contribution in [1.29, 1.82) is 0 Å². The summed E-state index contributed by atoms with van der Waals surface area (Å²) in [4.78, 5) is 2.48. The minimum absolute atomic E-state index is 0.533. The first kappa shape index (κ1) is 12.9. The molecule has 1 saturated carbocycles. The van der Waals surface area contributed by atoms with E-state index in [1.54, 1.807) is 7.11 Å². The first-order valence-electron chi connectivity index (χ1n) is 6.07. The fraction of sp³-hybridized carbons (Fsp3) is 1.00. The lowest BCUT2D eigenvalue weighted by molar-refractivity contribution is 0.0721. The van der Waals surface area contributed by atoms with E-state index in [1.807, 2.05) is 0 Å². The Labute approximate surface area is 94.2 Å². The van der Waals surface area contributed by atoms with E-state index in [0.29, 0.717) is 6.04 Å². The lowest BCUT2D eigenvalue weighted by Crippen LogP contribution is -2.44. The number of hydrogen-bond acceptors (Lipinski definition) is 3. The van der Waals surface area contributed by atoms with Crippen LogP contribution >= 0.6 is 0 Å². The second-order valence-electron chi connectivity index (χ2n) is 4.76. The Morgan fingerprint density at radius 2 is 1.93 bits per heavy atom. The normalized spacial score (nSPS) is 29.4. The summed E-state index contributed by atoms with van der Waals surface area (Å²) in [6, 6.07) is 2.03. The zero-order chi connectivity index (χ0) is 11.3. The van der Waals surface area contributed by atoms with Gasteiger partial charge in [0, 0.05) is 25.2 Å². The summed E-state index contributed by atoms with van der Waals surface area (Å²) in [7, 11) is 6.08. The van der Waals surface area contributed by atoms with Crippen molar-refractivity contribution in [2.24, 2.45) is 0 Å². The van der Waals surface area contributed by atoms with Crippen molar-refractivity contribution >= 4 is 0 Å². The van der Waals surface area contributed by atoms with Gasteiger partial charge in [0.2, 0.25) is 0 Å². The molecule has 0 bridgehead atoms. The van der Waals surface area contributed by atoms with E-state index in [-0.39, 0.29) is 0 Å². The van der Waals surface area contributed by atoms with Gasteiger partial charge in [0.1, 0.15) is 0 Å². The Balaban J connectivity index is 2.32. The van der Waals surface area contributed by atoms with Crippen molar-refractivity contribution in [3.8, 4) is 0 Å². The molecule has 90 valence electrons. The molecule has 0 aromatic carbocycles. The lowest BCUT2D eigenvalue weighted by atomic mass is 9.90. The minimum Gasteiger partial charge on any atom is -0.383 e. The number of methoxy groups -OCH3 is 1. The standard InChI is InChI=1S/C12H26N2O/c1-10(9-15-4)14(3)12-7-5-11(13-2)6-8-12/h10-13H,5-9H2,1-4H3. The van der Waals surface area contributed by atoms with Gasteiger partial charge in [-0.2, -0.15) is 0 Å². The van der Waals surface area contributed by atoms with Crippen LogP contribution < -0.4 is 5.32 Å². The summed E-state index contributed by atoms with van der Waals surface area (Å²) in [5.41, 5.74) is 0. The molecule has 3 heteroatoms. The number of nitrogens with zero attached hydrogens (tertiary/aromatic N) is 1. The summed E-state index contributed by atoms with van der Waals surface area (Å²) in [5.74, 6) is 0. The van der Waals surface area contributed by atoms with Gasteiger partial charge in [0.15, 0.2) is 0 Å². The highest BCUT2D eigenvalue weighted by Gasteiger charge is 2.25. The van der Waals surface area contributed by atoms with E-state index in [2.05, 4.69) is 31.2 Å². The maximum absolute atomic E-state index is 5.20. The smallest absolute Gasteiger partial charge is 0.0615 e. The van der Waals surface area contributed by atoms with Gasteiger partial charge >= 0.3 is 0 Å². The van der Waals surface area contributed by atoms with Gasteiger partial charge < -0.3 is 10.1 Å². The summed E-state index contributed by atoms with van der Waals surface area (Å²) in [6.45, 7) is 3.08. The van der Waals surface area contributed by atoms with E-state index in [4.69, 9.17) is 4.74 Å². The fourth-order valence-corrected chi connectivity index (χ4v) is 2.49. The Morgan fingerprint density at radius 3 is 2.40 bits per heavy atom. The van der Waals surface area contributed by atoms with Crippen molar-refractivity contribution in [2.75, 3.05) is 27.8 Å². The van der Waals surface area contributed by atoms with Crippen molar-refractivity contribution in [3.05, 3.63) is 0 Å². The molecule has 15 heavy (non-hydrogen) atoms. The summed E-state index contributed by atoms with van der Waals surface area (Å²) < 4.78 is 5.20. The molecule has 1 unspecified atom stereocenters. The largest absolute Gasteiger partial charge is 0.383 e. The second-order valence-corrected chi connectivity index (χ2v) is 4.76. The average Bonchev–Trinajstić information content (AvgIpc) is 2.28. The van der Waals surface area contributed by atoms with Gasteiger partial charge in [-0.15, -0.1) is 0 Å². The molecule has 1 fully saturated rings.